The van der Waals surface area contributed by atoms with Crippen LogP contribution in [0.2, 0.25) is 0 Å². The Kier molecular flexibility index (Phi) is 4.34. The first kappa shape index (κ1) is 11.8. The first-order valence-corrected chi connectivity index (χ1v) is 5.36. The molecule has 15 heavy (non-hydrogen) atoms. The van der Waals surface area contributed by atoms with E-state index < -0.39 is 0 Å². The van der Waals surface area contributed by atoms with Crippen LogP contribution < -0.4 is 10.6 Å². The van der Waals surface area contributed by atoms with Crippen molar-refractivity contribution >= 4 is 11.8 Å². The maximum atomic E-state index is 11.5. The van der Waals surface area contributed by atoms with Crippen LogP contribution >= 0.6 is 0 Å². The molecule has 0 aromatic carbocycles. The Morgan fingerprint density at radius 1 is 1.53 bits per heavy atom. The van der Waals surface area contributed by atoms with Gasteiger partial charge in [-0.1, -0.05) is 6.08 Å². The third kappa shape index (κ3) is 3.38. The van der Waals surface area contributed by atoms with Gasteiger partial charge in [-0.05, 0) is 33.1 Å². The highest BCUT2D eigenvalue weighted by molar-refractivity contribution is 5.96. The van der Waals surface area contributed by atoms with E-state index >= 15 is 0 Å². The van der Waals surface area contributed by atoms with Gasteiger partial charge in [0.05, 0.1) is 0 Å². The molecule has 1 unspecified atom stereocenters. The van der Waals surface area contributed by atoms with E-state index in [9.17, 15) is 9.59 Å². The molecular formula is C11H18N2O2. The van der Waals surface area contributed by atoms with Gasteiger partial charge in [0.15, 0.2) is 0 Å². The lowest BCUT2D eigenvalue weighted by molar-refractivity contribution is -0.127. The van der Waals surface area contributed by atoms with Crippen molar-refractivity contribution in [3.05, 3.63) is 11.6 Å². The van der Waals surface area contributed by atoms with Crippen molar-refractivity contribution in [1.82, 2.24) is 10.6 Å². The van der Waals surface area contributed by atoms with Crippen molar-refractivity contribution in [3.63, 3.8) is 0 Å². The summed E-state index contributed by atoms with van der Waals surface area (Å²) < 4.78 is 0. The van der Waals surface area contributed by atoms with Crippen LogP contribution in [0.1, 0.15) is 33.1 Å². The number of carbonyl (C=O) groups excluding carboxylic acids is 2. The molecule has 84 valence electrons. The Morgan fingerprint density at radius 2 is 2.27 bits per heavy atom. The second-order valence-corrected chi connectivity index (χ2v) is 3.78. The molecular weight excluding hydrogens is 192 g/mol. The minimum atomic E-state index is -0.366. The number of hydrogen-bond donors (Lipinski definition) is 2. The molecule has 0 saturated carbocycles. The molecule has 4 nitrogen and oxygen atoms in total. The minimum absolute atomic E-state index is 0.0650. The average Bonchev–Trinajstić information content (AvgIpc) is 2.43. The average molecular weight is 210 g/mol. The number of rotatable bonds is 2. The molecule has 4 heteroatoms. The standard InChI is InChI=1S/C11H18N2O2/c1-3-8(2)10(14)13-9-6-4-5-7-12-11(9)15/h3,9H,4-7H2,1-2H3,(H,12,15)(H,13,14)/b8-3-. The summed E-state index contributed by atoms with van der Waals surface area (Å²) in [6.45, 7) is 4.26. The quantitative estimate of drug-likeness (QED) is 0.660. The molecule has 1 rings (SSSR count). The number of carbonyl (C=O) groups is 2. The molecule has 1 aliphatic heterocycles. The van der Waals surface area contributed by atoms with E-state index in [4.69, 9.17) is 0 Å². The van der Waals surface area contributed by atoms with Crippen molar-refractivity contribution in [1.29, 1.82) is 0 Å². The van der Waals surface area contributed by atoms with Crippen molar-refractivity contribution in [2.75, 3.05) is 6.54 Å². The van der Waals surface area contributed by atoms with Gasteiger partial charge in [0.2, 0.25) is 11.8 Å². The van der Waals surface area contributed by atoms with Crippen LogP contribution in [-0.2, 0) is 9.59 Å². The predicted molar refractivity (Wildman–Crippen MR) is 58.2 cm³/mol. The van der Waals surface area contributed by atoms with Crippen LogP contribution in [0.3, 0.4) is 0 Å². The maximum absolute atomic E-state index is 11.5. The Balaban J connectivity index is 2.55. The number of allylic oxidation sites excluding steroid dienone is 1. The van der Waals surface area contributed by atoms with E-state index in [1.165, 1.54) is 0 Å². The molecule has 0 spiro atoms. The first-order valence-electron chi connectivity index (χ1n) is 5.36. The molecule has 2 amide bonds. The molecule has 2 N–H and O–H groups in total. The zero-order valence-electron chi connectivity index (χ0n) is 9.30. The summed E-state index contributed by atoms with van der Waals surface area (Å²) in [4.78, 5) is 23.1. The van der Waals surface area contributed by atoms with Gasteiger partial charge in [-0.3, -0.25) is 9.59 Å². The lowest BCUT2D eigenvalue weighted by atomic mass is 10.1. The van der Waals surface area contributed by atoms with E-state index in [0.29, 0.717) is 12.1 Å². The lowest BCUT2D eigenvalue weighted by Gasteiger charge is -2.15. The van der Waals surface area contributed by atoms with E-state index in [1.54, 1.807) is 13.0 Å². The highest BCUT2D eigenvalue weighted by Gasteiger charge is 2.22. The molecule has 1 fully saturated rings. The maximum Gasteiger partial charge on any atom is 0.247 e. The molecule has 0 aromatic rings. The molecule has 0 radical (unpaired) electrons. The third-order valence-electron chi connectivity index (χ3n) is 2.63. The molecule has 1 aliphatic rings. The van der Waals surface area contributed by atoms with Crippen molar-refractivity contribution in [2.45, 2.75) is 39.2 Å². The van der Waals surface area contributed by atoms with Gasteiger partial charge >= 0.3 is 0 Å². The number of nitrogens with one attached hydrogen (secondary N) is 2. The van der Waals surface area contributed by atoms with Gasteiger partial charge in [0.25, 0.3) is 0 Å². The zero-order chi connectivity index (χ0) is 11.3. The second kappa shape index (κ2) is 5.53. The smallest absolute Gasteiger partial charge is 0.247 e. The van der Waals surface area contributed by atoms with E-state index in [2.05, 4.69) is 10.6 Å². The summed E-state index contributed by atoms with van der Waals surface area (Å²) in [5.41, 5.74) is 0.645. The molecule has 1 atom stereocenters. The van der Waals surface area contributed by atoms with E-state index in [0.717, 1.165) is 19.3 Å². The van der Waals surface area contributed by atoms with Crippen molar-refractivity contribution in [3.8, 4) is 0 Å². The molecule has 0 bridgehead atoms. The summed E-state index contributed by atoms with van der Waals surface area (Å²) in [7, 11) is 0. The van der Waals surface area contributed by atoms with Crippen molar-refractivity contribution < 1.29 is 9.59 Å². The predicted octanol–water partition coefficient (Wildman–Crippen LogP) is 0.737. The summed E-state index contributed by atoms with van der Waals surface area (Å²) in [5, 5.41) is 5.52. The topological polar surface area (TPSA) is 58.2 Å². The summed E-state index contributed by atoms with van der Waals surface area (Å²) in [6.07, 6.45) is 4.43. The minimum Gasteiger partial charge on any atom is -0.354 e. The fourth-order valence-corrected chi connectivity index (χ4v) is 1.48. The molecule has 0 aromatic heterocycles. The van der Waals surface area contributed by atoms with Gasteiger partial charge in [-0.2, -0.15) is 0 Å². The van der Waals surface area contributed by atoms with E-state index in [1.807, 2.05) is 6.92 Å². The van der Waals surface area contributed by atoms with Crippen molar-refractivity contribution in [2.24, 2.45) is 0 Å². The van der Waals surface area contributed by atoms with Gasteiger partial charge in [-0.15, -0.1) is 0 Å². The highest BCUT2D eigenvalue weighted by atomic mass is 16.2. The van der Waals surface area contributed by atoms with E-state index in [-0.39, 0.29) is 17.9 Å². The van der Waals surface area contributed by atoms with Gasteiger partial charge in [0, 0.05) is 12.1 Å². The van der Waals surface area contributed by atoms with Crippen LogP contribution in [0.25, 0.3) is 0 Å². The third-order valence-corrected chi connectivity index (χ3v) is 2.63. The summed E-state index contributed by atoms with van der Waals surface area (Å²) in [6, 6.07) is -0.366. The normalized spacial score (nSPS) is 22.9. The number of amides is 2. The molecule has 1 heterocycles. The Labute approximate surface area is 90.1 Å². The van der Waals surface area contributed by atoms with Crippen LogP contribution in [0.4, 0.5) is 0 Å². The monoisotopic (exact) mass is 210 g/mol. The van der Waals surface area contributed by atoms with Crippen LogP contribution in [0, 0.1) is 0 Å². The summed E-state index contributed by atoms with van der Waals surface area (Å²) in [5.74, 6) is -0.218. The second-order valence-electron chi connectivity index (χ2n) is 3.78. The van der Waals surface area contributed by atoms with Crippen LogP contribution in [-0.4, -0.2) is 24.4 Å². The molecule has 0 aliphatic carbocycles. The first-order chi connectivity index (χ1) is 7.15. The highest BCUT2D eigenvalue weighted by Crippen LogP contribution is 2.06. The fourth-order valence-electron chi connectivity index (χ4n) is 1.48. The summed E-state index contributed by atoms with van der Waals surface area (Å²) >= 11 is 0. The Bertz CT molecular complexity index is 284. The van der Waals surface area contributed by atoms with Gasteiger partial charge in [0.1, 0.15) is 6.04 Å². The Hall–Kier alpha value is -1.32. The van der Waals surface area contributed by atoms with Crippen LogP contribution in [0.15, 0.2) is 11.6 Å². The largest absolute Gasteiger partial charge is 0.354 e. The number of hydrogen-bond acceptors (Lipinski definition) is 2. The van der Waals surface area contributed by atoms with Gasteiger partial charge in [-0.25, -0.2) is 0 Å². The Morgan fingerprint density at radius 3 is 2.93 bits per heavy atom. The van der Waals surface area contributed by atoms with Gasteiger partial charge < -0.3 is 10.6 Å². The molecule has 1 saturated heterocycles. The fraction of sp³-hybridized carbons (Fsp3) is 0.636. The SMILES string of the molecule is C/C=C(/C)C(=O)NC1CCCCNC1=O. The lowest BCUT2D eigenvalue weighted by Crippen LogP contribution is -2.45. The zero-order valence-corrected chi connectivity index (χ0v) is 9.30. The van der Waals surface area contributed by atoms with Crippen LogP contribution in [0.5, 0.6) is 0 Å².